The molecular weight excluding hydrogens is 245 g/mol. The highest BCUT2D eigenvalue weighted by molar-refractivity contribution is 5.29. The second-order valence-corrected chi connectivity index (χ2v) is 4.62. The van der Waals surface area contributed by atoms with Crippen molar-refractivity contribution in [3.63, 3.8) is 0 Å². The van der Waals surface area contributed by atoms with E-state index in [2.05, 4.69) is 15.3 Å². The highest BCUT2D eigenvalue weighted by atomic mass is 19.1. The normalized spacial score (nSPS) is 10.7. The zero-order valence-corrected chi connectivity index (χ0v) is 10.9. The molecule has 0 amide bonds. The van der Waals surface area contributed by atoms with E-state index in [0.29, 0.717) is 17.2 Å². The largest absolute Gasteiger partial charge is 0.352 e. The fourth-order valence-corrected chi connectivity index (χ4v) is 1.68. The number of nitrogens with one attached hydrogen (secondary N) is 2. The molecule has 0 aliphatic rings. The Morgan fingerprint density at radius 2 is 2.11 bits per heavy atom. The lowest BCUT2D eigenvalue weighted by Gasteiger charge is -2.09. The number of halogens is 1. The molecule has 0 fully saturated rings. The number of aromatic amines is 1. The molecule has 0 unspecified atom stereocenters. The molecule has 0 radical (unpaired) electrons. The van der Waals surface area contributed by atoms with Gasteiger partial charge in [-0.2, -0.15) is 0 Å². The Morgan fingerprint density at radius 3 is 2.79 bits per heavy atom. The fraction of sp³-hybridized carbons (Fsp3) is 0.286. The van der Waals surface area contributed by atoms with Crippen molar-refractivity contribution in [2.24, 2.45) is 0 Å². The summed E-state index contributed by atoms with van der Waals surface area (Å²) in [7, 11) is 0. The molecule has 1 aromatic carbocycles. The molecule has 0 saturated heterocycles. The Balaban J connectivity index is 2.16. The van der Waals surface area contributed by atoms with Crippen molar-refractivity contribution >= 4 is 5.95 Å². The molecule has 5 heteroatoms. The molecule has 0 saturated carbocycles. The van der Waals surface area contributed by atoms with Crippen LogP contribution in [0.15, 0.2) is 35.1 Å². The van der Waals surface area contributed by atoms with Crippen molar-refractivity contribution in [2.75, 3.05) is 5.32 Å². The van der Waals surface area contributed by atoms with E-state index in [4.69, 9.17) is 0 Å². The van der Waals surface area contributed by atoms with Gasteiger partial charge in [-0.3, -0.25) is 9.78 Å². The minimum absolute atomic E-state index is 0.163. The standard InChI is InChI=1S/C14H16FN3O/c1-9(2)12-7-13(19)18-14(17-12)16-8-10-5-3-4-6-11(10)15/h3-7,9H,8H2,1-2H3,(H2,16,17,18,19). The van der Waals surface area contributed by atoms with E-state index in [-0.39, 0.29) is 23.8 Å². The summed E-state index contributed by atoms with van der Waals surface area (Å²) < 4.78 is 13.4. The second kappa shape index (κ2) is 5.65. The first-order valence-electron chi connectivity index (χ1n) is 6.15. The van der Waals surface area contributed by atoms with E-state index in [1.54, 1.807) is 18.2 Å². The van der Waals surface area contributed by atoms with Gasteiger partial charge >= 0.3 is 0 Å². The van der Waals surface area contributed by atoms with Gasteiger partial charge in [-0.05, 0) is 12.0 Å². The molecule has 2 rings (SSSR count). The number of H-pyrrole nitrogens is 1. The van der Waals surface area contributed by atoms with Gasteiger partial charge < -0.3 is 5.32 Å². The summed E-state index contributed by atoms with van der Waals surface area (Å²) in [5.41, 5.74) is 1.02. The first kappa shape index (κ1) is 13.3. The van der Waals surface area contributed by atoms with Crippen molar-refractivity contribution in [1.82, 2.24) is 9.97 Å². The molecule has 0 spiro atoms. The number of nitrogens with zero attached hydrogens (tertiary/aromatic N) is 1. The lowest BCUT2D eigenvalue weighted by Crippen LogP contribution is -2.14. The summed E-state index contributed by atoms with van der Waals surface area (Å²) in [4.78, 5) is 18.4. The molecule has 100 valence electrons. The maximum absolute atomic E-state index is 13.4. The minimum atomic E-state index is -0.280. The topological polar surface area (TPSA) is 57.8 Å². The van der Waals surface area contributed by atoms with Gasteiger partial charge in [0.05, 0.1) is 5.69 Å². The van der Waals surface area contributed by atoms with Crippen LogP contribution in [0.5, 0.6) is 0 Å². The molecule has 2 aromatic rings. The first-order chi connectivity index (χ1) is 9.06. The third-order valence-corrected chi connectivity index (χ3v) is 2.76. The minimum Gasteiger partial charge on any atom is -0.352 e. The molecular formula is C14H16FN3O. The Bertz CT molecular complexity index is 622. The van der Waals surface area contributed by atoms with Crippen LogP contribution >= 0.6 is 0 Å². The van der Waals surface area contributed by atoms with E-state index < -0.39 is 0 Å². The van der Waals surface area contributed by atoms with Crippen molar-refractivity contribution in [3.05, 3.63) is 57.8 Å². The molecule has 0 atom stereocenters. The lowest BCUT2D eigenvalue weighted by atomic mass is 10.1. The summed E-state index contributed by atoms with van der Waals surface area (Å²) in [5, 5.41) is 2.93. The maximum atomic E-state index is 13.4. The molecule has 0 aliphatic carbocycles. The first-order valence-corrected chi connectivity index (χ1v) is 6.15. The number of anilines is 1. The van der Waals surface area contributed by atoms with Crippen LogP contribution in [0.1, 0.15) is 31.0 Å². The zero-order valence-electron chi connectivity index (χ0n) is 10.9. The van der Waals surface area contributed by atoms with Crippen molar-refractivity contribution in [3.8, 4) is 0 Å². The van der Waals surface area contributed by atoms with Crippen molar-refractivity contribution < 1.29 is 4.39 Å². The summed E-state index contributed by atoms with van der Waals surface area (Å²) in [6.45, 7) is 4.20. The van der Waals surface area contributed by atoms with Gasteiger partial charge in [0.1, 0.15) is 5.82 Å². The Kier molecular flexibility index (Phi) is 3.94. The van der Waals surface area contributed by atoms with Crippen molar-refractivity contribution in [2.45, 2.75) is 26.3 Å². The predicted molar refractivity (Wildman–Crippen MR) is 72.7 cm³/mol. The highest BCUT2D eigenvalue weighted by Crippen LogP contribution is 2.11. The lowest BCUT2D eigenvalue weighted by molar-refractivity contribution is 0.612. The predicted octanol–water partition coefficient (Wildman–Crippen LogP) is 2.64. The second-order valence-electron chi connectivity index (χ2n) is 4.62. The van der Waals surface area contributed by atoms with Gasteiger partial charge in [-0.25, -0.2) is 9.37 Å². The van der Waals surface area contributed by atoms with E-state index in [9.17, 15) is 9.18 Å². The van der Waals surface area contributed by atoms with Crippen LogP contribution in [-0.4, -0.2) is 9.97 Å². The molecule has 0 aliphatic heterocycles. The van der Waals surface area contributed by atoms with Crippen LogP contribution < -0.4 is 10.9 Å². The monoisotopic (exact) mass is 261 g/mol. The van der Waals surface area contributed by atoms with Gasteiger partial charge in [0, 0.05) is 18.2 Å². The van der Waals surface area contributed by atoms with Crippen molar-refractivity contribution in [1.29, 1.82) is 0 Å². The van der Waals surface area contributed by atoms with Crippen LogP contribution in [0, 0.1) is 5.82 Å². The molecule has 2 N–H and O–H groups in total. The van der Waals surface area contributed by atoms with E-state index in [1.807, 2.05) is 13.8 Å². The number of hydrogen-bond acceptors (Lipinski definition) is 3. The SMILES string of the molecule is CC(C)c1cc(=O)[nH]c(NCc2ccccc2F)n1. The third kappa shape index (κ3) is 3.40. The Labute approximate surface area is 110 Å². The van der Waals surface area contributed by atoms with E-state index >= 15 is 0 Å². The number of benzene rings is 1. The molecule has 0 bridgehead atoms. The quantitative estimate of drug-likeness (QED) is 0.889. The summed E-state index contributed by atoms with van der Waals surface area (Å²) in [6, 6.07) is 7.96. The Hall–Kier alpha value is -2.17. The fourth-order valence-electron chi connectivity index (χ4n) is 1.68. The molecule has 4 nitrogen and oxygen atoms in total. The number of hydrogen-bond donors (Lipinski definition) is 2. The van der Waals surface area contributed by atoms with Crippen LogP contribution in [0.2, 0.25) is 0 Å². The smallest absolute Gasteiger partial charge is 0.252 e. The average molecular weight is 261 g/mol. The zero-order chi connectivity index (χ0) is 13.8. The maximum Gasteiger partial charge on any atom is 0.252 e. The third-order valence-electron chi connectivity index (χ3n) is 2.76. The van der Waals surface area contributed by atoms with E-state index in [0.717, 1.165) is 0 Å². The highest BCUT2D eigenvalue weighted by Gasteiger charge is 2.06. The van der Waals surface area contributed by atoms with Gasteiger partial charge in [0.2, 0.25) is 5.95 Å². The van der Waals surface area contributed by atoms with Crippen LogP contribution in [0.25, 0.3) is 0 Å². The van der Waals surface area contributed by atoms with Gasteiger partial charge in [0.15, 0.2) is 0 Å². The average Bonchev–Trinajstić information content (AvgIpc) is 2.37. The number of rotatable bonds is 4. The summed E-state index contributed by atoms with van der Waals surface area (Å²) in [5.74, 6) is 0.244. The molecule has 1 aromatic heterocycles. The van der Waals surface area contributed by atoms with Gasteiger partial charge in [0.25, 0.3) is 5.56 Å². The summed E-state index contributed by atoms with van der Waals surface area (Å²) >= 11 is 0. The Morgan fingerprint density at radius 1 is 1.37 bits per heavy atom. The van der Waals surface area contributed by atoms with Gasteiger partial charge in [-0.1, -0.05) is 32.0 Å². The number of aromatic nitrogens is 2. The van der Waals surface area contributed by atoms with Crippen LogP contribution in [0.3, 0.4) is 0 Å². The summed E-state index contributed by atoms with van der Waals surface area (Å²) in [6.07, 6.45) is 0. The van der Waals surface area contributed by atoms with E-state index in [1.165, 1.54) is 12.1 Å². The van der Waals surface area contributed by atoms with Crippen LogP contribution in [0.4, 0.5) is 10.3 Å². The van der Waals surface area contributed by atoms with Gasteiger partial charge in [-0.15, -0.1) is 0 Å². The molecule has 19 heavy (non-hydrogen) atoms. The molecule has 1 heterocycles. The van der Waals surface area contributed by atoms with Crippen LogP contribution in [-0.2, 0) is 6.54 Å².